The lowest BCUT2D eigenvalue weighted by Gasteiger charge is -2.07. The van der Waals surface area contributed by atoms with E-state index in [0.29, 0.717) is 23.0 Å². The molecule has 0 aliphatic rings. The number of halogens is 2. The Morgan fingerprint density at radius 3 is 2.85 bits per heavy atom. The first-order valence-electron chi connectivity index (χ1n) is 5.82. The second-order valence-corrected chi connectivity index (χ2v) is 5.34. The monoisotopic (exact) mass is 354 g/mol. The van der Waals surface area contributed by atoms with Gasteiger partial charge in [-0.2, -0.15) is 0 Å². The highest BCUT2D eigenvalue weighted by Gasteiger charge is 2.10. The summed E-state index contributed by atoms with van der Waals surface area (Å²) in [6, 6.07) is 8.73. The second-order valence-electron chi connectivity index (χ2n) is 4.02. The highest BCUT2D eigenvalue weighted by molar-refractivity contribution is 9.10. The Kier molecular flexibility index (Phi) is 4.98. The molecule has 1 aromatic carbocycles. The number of benzene rings is 1. The summed E-state index contributed by atoms with van der Waals surface area (Å²) in [5.74, 6) is 0.308. The Bertz CT molecular complexity index is 617. The third-order valence-electron chi connectivity index (χ3n) is 2.63. The molecule has 0 aliphatic heterocycles. The smallest absolute Gasteiger partial charge is 0.253 e. The van der Waals surface area contributed by atoms with Crippen molar-refractivity contribution in [1.29, 1.82) is 0 Å². The molecule has 1 N–H and O–H groups in total. The van der Waals surface area contributed by atoms with Gasteiger partial charge in [0, 0.05) is 23.3 Å². The van der Waals surface area contributed by atoms with Gasteiger partial charge in [0.1, 0.15) is 0 Å². The molecule has 1 amide bonds. The zero-order valence-electron chi connectivity index (χ0n) is 10.7. The van der Waals surface area contributed by atoms with Gasteiger partial charge in [-0.3, -0.25) is 4.79 Å². The van der Waals surface area contributed by atoms with Crippen LogP contribution in [0.1, 0.15) is 15.9 Å². The van der Waals surface area contributed by atoms with E-state index in [4.69, 9.17) is 16.3 Å². The number of carbonyl (C=O) groups excluding carboxylic acids is 1. The van der Waals surface area contributed by atoms with Crippen molar-refractivity contribution in [3.05, 3.63) is 57.2 Å². The molecule has 0 fully saturated rings. The molecule has 0 spiro atoms. The zero-order chi connectivity index (χ0) is 14.5. The summed E-state index contributed by atoms with van der Waals surface area (Å²) < 4.78 is 5.78. The van der Waals surface area contributed by atoms with Crippen molar-refractivity contribution in [2.45, 2.75) is 6.54 Å². The van der Waals surface area contributed by atoms with Gasteiger partial charge in [0.15, 0.2) is 0 Å². The number of carbonyl (C=O) groups is 1. The highest BCUT2D eigenvalue weighted by atomic mass is 79.9. The van der Waals surface area contributed by atoms with E-state index < -0.39 is 0 Å². The summed E-state index contributed by atoms with van der Waals surface area (Å²) in [7, 11) is 1.55. The van der Waals surface area contributed by atoms with Crippen molar-refractivity contribution < 1.29 is 9.53 Å². The van der Waals surface area contributed by atoms with Crippen molar-refractivity contribution in [3.8, 4) is 5.88 Å². The first-order valence-corrected chi connectivity index (χ1v) is 6.99. The molecule has 2 aromatic rings. The number of amides is 1. The van der Waals surface area contributed by atoms with E-state index in [0.717, 1.165) is 10.0 Å². The summed E-state index contributed by atoms with van der Waals surface area (Å²) in [6.45, 7) is 0.374. The minimum absolute atomic E-state index is 0.230. The van der Waals surface area contributed by atoms with Gasteiger partial charge in [-0.25, -0.2) is 4.98 Å². The Morgan fingerprint density at radius 2 is 2.20 bits per heavy atom. The molecule has 0 bridgehead atoms. The van der Waals surface area contributed by atoms with Crippen LogP contribution in [-0.2, 0) is 6.54 Å². The van der Waals surface area contributed by atoms with Crippen molar-refractivity contribution in [1.82, 2.24) is 10.3 Å². The summed E-state index contributed by atoms with van der Waals surface area (Å²) in [4.78, 5) is 16.1. The van der Waals surface area contributed by atoms with Crippen LogP contribution in [0.15, 0.2) is 41.0 Å². The van der Waals surface area contributed by atoms with Crippen LogP contribution < -0.4 is 10.1 Å². The van der Waals surface area contributed by atoms with Gasteiger partial charge in [0.05, 0.1) is 17.7 Å². The van der Waals surface area contributed by atoms with Gasteiger partial charge in [-0.1, -0.05) is 33.6 Å². The van der Waals surface area contributed by atoms with Gasteiger partial charge < -0.3 is 10.1 Å². The largest absolute Gasteiger partial charge is 0.481 e. The Hall–Kier alpha value is -1.59. The lowest BCUT2D eigenvalue weighted by molar-refractivity contribution is 0.0951. The predicted molar refractivity (Wildman–Crippen MR) is 81.1 cm³/mol. The minimum Gasteiger partial charge on any atom is -0.481 e. The SMILES string of the molecule is COc1ccc(CNC(=O)c2cc(Br)ccc2Cl)cn1. The lowest BCUT2D eigenvalue weighted by atomic mass is 10.2. The maximum Gasteiger partial charge on any atom is 0.253 e. The van der Waals surface area contributed by atoms with Crippen LogP contribution in [0.3, 0.4) is 0 Å². The number of nitrogens with one attached hydrogen (secondary N) is 1. The van der Waals surface area contributed by atoms with Gasteiger partial charge >= 0.3 is 0 Å². The minimum atomic E-state index is -0.230. The van der Waals surface area contributed by atoms with E-state index in [-0.39, 0.29) is 5.91 Å². The topological polar surface area (TPSA) is 51.2 Å². The van der Waals surface area contributed by atoms with E-state index in [1.807, 2.05) is 6.07 Å². The van der Waals surface area contributed by atoms with Gasteiger partial charge in [-0.05, 0) is 23.8 Å². The molecule has 1 heterocycles. The summed E-state index contributed by atoms with van der Waals surface area (Å²) >= 11 is 9.32. The first kappa shape index (κ1) is 14.8. The normalized spacial score (nSPS) is 10.2. The van der Waals surface area contributed by atoms with Crippen LogP contribution in [0.2, 0.25) is 5.02 Å². The number of nitrogens with zero attached hydrogens (tertiary/aromatic N) is 1. The van der Waals surface area contributed by atoms with Gasteiger partial charge in [0.2, 0.25) is 5.88 Å². The van der Waals surface area contributed by atoms with E-state index in [1.165, 1.54) is 0 Å². The first-order chi connectivity index (χ1) is 9.60. The number of aromatic nitrogens is 1. The molecule has 2 rings (SSSR count). The van der Waals surface area contributed by atoms with Crippen LogP contribution in [0, 0.1) is 0 Å². The summed E-state index contributed by atoms with van der Waals surface area (Å²) in [6.07, 6.45) is 1.65. The molecule has 4 nitrogen and oxygen atoms in total. The van der Waals surface area contributed by atoms with Crippen molar-refractivity contribution in [2.24, 2.45) is 0 Å². The van der Waals surface area contributed by atoms with Crippen LogP contribution in [-0.4, -0.2) is 18.0 Å². The number of methoxy groups -OCH3 is 1. The second kappa shape index (κ2) is 6.72. The molecule has 0 aliphatic carbocycles. The average Bonchev–Trinajstić information content (AvgIpc) is 2.47. The number of ether oxygens (including phenoxy) is 1. The molecule has 0 saturated heterocycles. The van der Waals surface area contributed by atoms with Gasteiger partial charge in [0.25, 0.3) is 5.91 Å². The van der Waals surface area contributed by atoms with Crippen LogP contribution >= 0.6 is 27.5 Å². The zero-order valence-corrected chi connectivity index (χ0v) is 13.0. The van der Waals surface area contributed by atoms with E-state index in [2.05, 4.69) is 26.2 Å². The van der Waals surface area contributed by atoms with E-state index in [1.54, 1.807) is 37.6 Å². The third-order valence-corrected chi connectivity index (χ3v) is 3.46. The van der Waals surface area contributed by atoms with Crippen molar-refractivity contribution >= 4 is 33.4 Å². The fourth-order valence-corrected chi connectivity index (χ4v) is 2.15. The molecule has 104 valence electrons. The maximum atomic E-state index is 12.1. The highest BCUT2D eigenvalue weighted by Crippen LogP contribution is 2.21. The third kappa shape index (κ3) is 3.71. The number of hydrogen-bond donors (Lipinski definition) is 1. The van der Waals surface area contributed by atoms with Crippen LogP contribution in [0.4, 0.5) is 0 Å². The molecular weight excluding hydrogens is 344 g/mol. The van der Waals surface area contributed by atoms with Gasteiger partial charge in [-0.15, -0.1) is 0 Å². The molecule has 0 radical (unpaired) electrons. The van der Waals surface area contributed by atoms with E-state index in [9.17, 15) is 4.79 Å². The summed E-state index contributed by atoms with van der Waals surface area (Å²) in [5, 5.41) is 3.21. The molecule has 20 heavy (non-hydrogen) atoms. The number of pyridine rings is 1. The van der Waals surface area contributed by atoms with Crippen LogP contribution in [0.25, 0.3) is 0 Å². The standard InChI is InChI=1S/C14H12BrClN2O2/c1-20-13-5-2-9(7-17-13)8-18-14(19)11-6-10(15)3-4-12(11)16/h2-7H,8H2,1H3,(H,18,19). The fraction of sp³-hybridized carbons (Fsp3) is 0.143. The molecule has 0 unspecified atom stereocenters. The quantitative estimate of drug-likeness (QED) is 0.914. The Morgan fingerprint density at radius 1 is 1.40 bits per heavy atom. The molecular formula is C14H12BrClN2O2. The lowest BCUT2D eigenvalue weighted by Crippen LogP contribution is -2.23. The Labute approximate surface area is 130 Å². The fourth-order valence-electron chi connectivity index (χ4n) is 1.59. The number of rotatable bonds is 4. The molecule has 6 heteroatoms. The van der Waals surface area contributed by atoms with E-state index >= 15 is 0 Å². The molecule has 0 atom stereocenters. The number of hydrogen-bond acceptors (Lipinski definition) is 3. The molecule has 0 saturated carbocycles. The summed E-state index contributed by atoms with van der Waals surface area (Å²) in [5.41, 5.74) is 1.31. The maximum absolute atomic E-state index is 12.1. The molecule has 1 aromatic heterocycles. The Balaban J connectivity index is 2.02. The van der Waals surface area contributed by atoms with Crippen LogP contribution in [0.5, 0.6) is 5.88 Å². The average molecular weight is 356 g/mol. The van der Waals surface area contributed by atoms with Crippen molar-refractivity contribution in [2.75, 3.05) is 7.11 Å². The van der Waals surface area contributed by atoms with Crippen molar-refractivity contribution in [3.63, 3.8) is 0 Å². The predicted octanol–water partition coefficient (Wildman–Crippen LogP) is 3.44.